The van der Waals surface area contributed by atoms with Crippen LogP contribution in [-0.4, -0.2) is 82.5 Å². The van der Waals surface area contributed by atoms with E-state index in [0.29, 0.717) is 49.5 Å². The summed E-state index contributed by atoms with van der Waals surface area (Å²) in [5.41, 5.74) is 0. The van der Waals surface area contributed by atoms with Crippen molar-refractivity contribution in [2.24, 2.45) is 0 Å². The Kier molecular flexibility index (Phi) is 5.86. The van der Waals surface area contributed by atoms with Crippen molar-refractivity contribution in [2.45, 2.75) is 29.3 Å². The number of nitrogens with zero attached hydrogens (tertiary/aromatic N) is 4. The second-order valence-corrected chi connectivity index (χ2v) is 9.85. The maximum absolute atomic E-state index is 12.8. The van der Waals surface area contributed by atoms with Crippen LogP contribution in [0.2, 0.25) is 0 Å². The number of anilines is 1. The minimum absolute atomic E-state index is 0.0511. The molecule has 1 atom stereocenters. The van der Waals surface area contributed by atoms with E-state index in [1.54, 1.807) is 15.9 Å². The van der Waals surface area contributed by atoms with Gasteiger partial charge in [-0.15, -0.1) is 10.2 Å². The van der Waals surface area contributed by atoms with E-state index in [-0.39, 0.29) is 18.4 Å². The number of ether oxygens (including phenoxy) is 2. The number of amides is 2. The molecule has 0 bridgehead atoms. The Bertz CT molecular complexity index is 959. The molecule has 0 radical (unpaired) electrons. The molecule has 1 aromatic heterocycles. The molecule has 1 saturated carbocycles. The van der Waals surface area contributed by atoms with Crippen LogP contribution in [0.15, 0.2) is 28.6 Å². The Labute approximate surface area is 188 Å². The first-order valence-corrected chi connectivity index (χ1v) is 12.1. The summed E-state index contributed by atoms with van der Waals surface area (Å²) < 4.78 is 12.3. The molecule has 2 aliphatic heterocycles. The third kappa shape index (κ3) is 4.87. The van der Waals surface area contributed by atoms with E-state index in [4.69, 9.17) is 9.47 Å². The summed E-state index contributed by atoms with van der Waals surface area (Å²) in [5.74, 6) is 1.52. The van der Waals surface area contributed by atoms with Gasteiger partial charge in [-0.1, -0.05) is 35.2 Å². The standard InChI is InChI=1S/C20H23N5O4S2/c26-17(12-30-20-23-22-19(31-20)21-13-5-6-13)24-7-9-25(10-8-24)18(27)16-11-28-14-3-1-2-4-15(14)29-16/h1-4,13,16H,5-12H2,(H,21,22)/t16-/m0/s1. The second-order valence-electron chi connectivity index (χ2n) is 7.65. The molecule has 1 N–H and O–H groups in total. The van der Waals surface area contributed by atoms with Crippen LogP contribution in [0.25, 0.3) is 0 Å². The average molecular weight is 462 g/mol. The number of carbonyl (C=O) groups is 2. The molecule has 2 aromatic rings. The van der Waals surface area contributed by atoms with Gasteiger partial charge in [0.1, 0.15) is 6.61 Å². The Morgan fingerprint density at radius 1 is 1.10 bits per heavy atom. The zero-order valence-electron chi connectivity index (χ0n) is 16.9. The zero-order chi connectivity index (χ0) is 21.2. The highest BCUT2D eigenvalue weighted by Gasteiger charge is 2.33. The fraction of sp³-hybridized carbons (Fsp3) is 0.500. The van der Waals surface area contributed by atoms with Gasteiger partial charge < -0.3 is 24.6 Å². The zero-order valence-corrected chi connectivity index (χ0v) is 18.5. The SMILES string of the molecule is O=C(CSc1nnc(NC2CC2)s1)N1CCN(C(=O)[C@@H]2COc3ccccc3O2)CC1. The van der Waals surface area contributed by atoms with Gasteiger partial charge in [0.15, 0.2) is 15.8 Å². The first-order chi connectivity index (χ1) is 15.2. The van der Waals surface area contributed by atoms with Crippen molar-refractivity contribution < 1.29 is 19.1 Å². The Morgan fingerprint density at radius 2 is 1.84 bits per heavy atom. The number of benzene rings is 1. The van der Waals surface area contributed by atoms with E-state index in [0.717, 1.165) is 9.47 Å². The summed E-state index contributed by atoms with van der Waals surface area (Å²) in [6.07, 6.45) is 1.72. The summed E-state index contributed by atoms with van der Waals surface area (Å²) in [6.45, 7) is 2.21. The molecule has 3 heterocycles. The minimum atomic E-state index is -0.649. The number of hydrogen-bond donors (Lipinski definition) is 1. The molecule has 0 unspecified atom stereocenters. The van der Waals surface area contributed by atoms with Crippen LogP contribution < -0.4 is 14.8 Å². The van der Waals surface area contributed by atoms with Crippen LogP contribution in [0.3, 0.4) is 0 Å². The number of piperazine rings is 1. The molecule has 1 saturated heterocycles. The molecule has 1 aromatic carbocycles. The summed E-state index contributed by atoms with van der Waals surface area (Å²) in [7, 11) is 0. The predicted molar refractivity (Wildman–Crippen MR) is 117 cm³/mol. The van der Waals surface area contributed by atoms with Gasteiger partial charge in [-0.2, -0.15) is 0 Å². The van der Waals surface area contributed by atoms with Gasteiger partial charge in [0, 0.05) is 32.2 Å². The molecular formula is C20H23N5O4S2. The van der Waals surface area contributed by atoms with Crippen molar-refractivity contribution in [2.75, 3.05) is 43.9 Å². The highest BCUT2D eigenvalue weighted by atomic mass is 32.2. The van der Waals surface area contributed by atoms with Crippen molar-refractivity contribution >= 4 is 40.0 Å². The molecule has 11 heteroatoms. The molecule has 31 heavy (non-hydrogen) atoms. The first kappa shape index (κ1) is 20.4. The van der Waals surface area contributed by atoms with Crippen molar-refractivity contribution in [3.05, 3.63) is 24.3 Å². The van der Waals surface area contributed by atoms with Gasteiger partial charge in [0.05, 0.1) is 5.75 Å². The lowest BCUT2D eigenvalue weighted by Gasteiger charge is -2.37. The number of aromatic nitrogens is 2. The number of para-hydroxylation sites is 2. The minimum Gasteiger partial charge on any atom is -0.485 e. The van der Waals surface area contributed by atoms with E-state index >= 15 is 0 Å². The fourth-order valence-electron chi connectivity index (χ4n) is 3.46. The van der Waals surface area contributed by atoms with E-state index < -0.39 is 6.10 Å². The number of fused-ring (bicyclic) bond motifs is 1. The lowest BCUT2D eigenvalue weighted by Crippen LogP contribution is -2.55. The summed E-state index contributed by atoms with van der Waals surface area (Å²) in [4.78, 5) is 29.0. The van der Waals surface area contributed by atoms with Crippen molar-refractivity contribution in [3.63, 3.8) is 0 Å². The number of rotatable bonds is 6. The fourth-order valence-corrected chi connectivity index (χ4v) is 5.20. The largest absolute Gasteiger partial charge is 0.485 e. The first-order valence-electron chi connectivity index (χ1n) is 10.3. The molecule has 5 rings (SSSR count). The smallest absolute Gasteiger partial charge is 0.267 e. The maximum atomic E-state index is 12.8. The highest BCUT2D eigenvalue weighted by molar-refractivity contribution is 8.01. The molecule has 2 fully saturated rings. The molecular weight excluding hydrogens is 438 g/mol. The molecule has 1 aliphatic carbocycles. The normalized spacial score (nSPS) is 20.5. The number of nitrogens with one attached hydrogen (secondary N) is 1. The number of carbonyl (C=O) groups excluding carboxylic acids is 2. The predicted octanol–water partition coefficient (Wildman–Crippen LogP) is 1.72. The summed E-state index contributed by atoms with van der Waals surface area (Å²) in [5, 5.41) is 12.4. The lowest BCUT2D eigenvalue weighted by molar-refractivity contribution is -0.145. The maximum Gasteiger partial charge on any atom is 0.267 e. The van der Waals surface area contributed by atoms with Crippen LogP contribution in [0.1, 0.15) is 12.8 Å². The molecule has 164 valence electrons. The van der Waals surface area contributed by atoms with Crippen molar-refractivity contribution in [1.82, 2.24) is 20.0 Å². The quantitative estimate of drug-likeness (QED) is 0.650. The van der Waals surface area contributed by atoms with Crippen molar-refractivity contribution in [1.29, 1.82) is 0 Å². The molecule has 9 nitrogen and oxygen atoms in total. The van der Waals surface area contributed by atoms with Crippen LogP contribution in [0.4, 0.5) is 5.13 Å². The lowest BCUT2D eigenvalue weighted by atomic mass is 10.2. The van der Waals surface area contributed by atoms with Gasteiger partial charge in [-0.25, -0.2) is 0 Å². The van der Waals surface area contributed by atoms with Crippen LogP contribution in [-0.2, 0) is 9.59 Å². The highest BCUT2D eigenvalue weighted by Crippen LogP contribution is 2.32. The van der Waals surface area contributed by atoms with E-state index in [1.807, 2.05) is 18.2 Å². The third-order valence-electron chi connectivity index (χ3n) is 5.36. The molecule has 2 amide bonds. The van der Waals surface area contributed by atoms with E-state index in [1.165, 1.54) is 35.9 Å². The van der Waals surface area contributed by atoms with Gasteiger partial charge in [0.25, 0.3) is 5.91 Å². The average Bonchev–Trinajstić information content (AvgIpc) is 3.52. The number of hydrogen-bond acceptors (Lipinski definition) is 9. The Balaban J connectivity index is 1.07. The summed E-state index contributed by atoms with van der Waals surface area (Å²) in [6, 6.07) is 7.88. The summed E-state index contributed by atoms with van der Waals surface area (Å²) >= 11 is 2.90. The van der Waals surface area contributed by atoms with Gasteiger partial charge >= 0.3 is 0 Å². The second kappa shape index (κ2) is 8.91. The number of thioether (sulfide) groups is 1. The topological polar surface area (TPSA) is 96.9 Å². The third-order valence-corrected chi connectivity index (χ3v) is 7.33. The van der Waals surface area contributed by atoms with Gasteiger partial charge in [-0.3, -0.25) is 9.59 Å². The van der Waals surface area contributed by atoms with Crippen molar-refractivity contribution in [3.8, 4) is 11.5 Å². The van der Waals surface area contributed by atoms with E-state index in [2.05, 4.69) is 15.5 Å². The van der Waals surface area contributed by atoms with Crippen LogP contribution in [0, 0.1) is 0 Å². The molecule has 3 aliphatic rings. The monoisotopic (exact) mass is 461 g/mol. The Morgan fingerprint density at radius 3 is 2.61 bits per heavy atom. The Hall–Kier alpha value is -2.53. The van der Waals surface area contributed by atoms with Gasteiger partial charge in [0.2, 0.25) is 17.1 Å². The van der Waals surface area contributed by atoms with Crippen LogP contribution in [0.5, 0.6) is 11.5 Å². The van der Waals surface area contributed by atoms with Gasteiger partial charge in [-0.05, 0) is 25.0 Å². The van der Waals surface area contributed by atoms with E-state index in [9.17, 15) is 9.59 Å². The molecule has 0 spiro atoms. The van der Waals surface area contributed by atoms with Crippen LogP contribution >= 0.6 is 23.1 Å².